The summed E-state index contributed by atoms with van der Waals surface area (Å²) in [6.45, 7) is 9.22. The minimum absolute atomic E-state index is 1.16. The van der Waals surface area contributed by atoms with Crippen LogP contribution in [0.25, 0.3) is 0 Å². The highest BCUT2D eigenvalue weighted by Gasteiger charge is 1.95. The average Bonchev–Trinajstić information content (AvgIpc) is 2.34. The second-order valence-electron chi connectivity index (χ2n) is 5.02. The van der Waals surface area contributed by atoms with E-state index < -0.39 is 0 Å². The molecule has 0 saturated heterocycles. The molecule has 0 fully saturated rings. The Kier molecular flexibility index (Phi) is 13.5. The van der Waals surface area contributed by atoms with Crippen molar-refractivity contribution in [1.82, 2.24) is 0 Å². The van der Waals surface area contributed by atoms with Crippen LogP contribution in [0.2, 0.25) is 0 Å². The van der Waals surface area contributed by atoms with Crippen LogP contribution < -0.4 is 0 Å². The fourth-order valence-corrected chi connectivity index (χ4v) is 2.06. The van der Waals surface area contributed by atoms with Crippen LogP contribution in [0.15, 0.2) is 0 Å². The third-order valence-electron chi connectivity index (χ3n) is 3.14. The van der Waals surface area contributed by atoms with E-state index in [1.54, 1.807) is 0 Å². The minimum atomic E-state index is 1.16. The van der Waals surface area contributed by atoms with Crippen molar-refractivity contribution in [1.29, 1.82) is 0 Å². The number of nitrogens with zero attached hydrogens (tertiary/aromatic N) is 1. The number of hydrogen-bond donors (Lipinski definition) is 0. The predicted molar refractivity (Wildman–Crippen MR) is 78.2 cm³/mol. The maximum atomic E-state index is 3.58. The van der Waals surface area contributed by atoms with Crippen LogP contribution >= 0.6 is 0 Å². The first-order valence-corrected chi connectivity index (χ1v) is 7.83. The van der Waals surface area contributed by atoms with Gasteiger partial charge in [-0.05, 0) is 6.42 Å². The van der Waals surface area contributed by atoms with Crippen LogP contribution in [-0.2, 0) is 0 Å². The predicted octanol–water partition coefficient (Wildman–Crippen LogP) is 4.91. The van der Waals surface area contributed by atoms with Gasteiger partial charge < -0.3 is 4.58 Å². The lowest BCUT2D eigenvalue weighted by atomic mass is 10.1. The van der Waals surface area contributed by atoms with Gasteiger partial charge in [0.15, 0.2) is 0 Å². The summed E-state index contributed by atoms with van der Waals surface area (Å²) < 4.78 is 2.43. The zero-order valence-corrected chi connectivity index (χ0v) is 12.4. The van der Waals surface area contributed by atoms with Crippen molar-refractivity contribution in [2.24, 2.45) is 0 Å². The summed E-state index contributed by atoms with van der Waals surface area (Å²) in [5, 5.41) is 0. The summed E-state index contributed by atoms with van der Waals surface area (Å²) in [7, 11) is 0. The molecule has 0 atom stereocenters. The second-order valence-corrected chi connectivity index (χ2v) is 5.02. The first kappa shape index (κ1) is 16.7. The largest absolute Gasteiger partial charge is 0.413 e. The Morgan fingerprint density at radius 1 is 0.647 bits per heavy atom. The van der Waals surface area contributed by atoms with E-state index >= 15 is 0 Å². The summed E-state index contributed by atoms with van der Waals surface area (Å²) in [4.78, 5) is 0. The molecule has 0 aromatic rings. The van der Waals surface area contributed by atoms with E-state index in [0.717, 1.165) is 6.42 Å². The molecule has 0 aliphatic heterocycles. The van der Waals surface area contributed by atoms with Gasteiger partial charge in [0.2, 0.25) is 0 Å². The first-order valence-electron chi connectivity index (χ1n) is 7.83. The molecule has 0 rings (SSSR count). The molecule has 0 bridgehead atoms. The fraction of sp³-hybridized carbons (Fsp3) is 0.938. The molecule has 0 saturated carbocycles. The van der Waals surface area contributed by atoms with Crippen LogP contribution in [0.3, 0.4) is 0 Å². The highest BCUT2D eigenvalue weighted by atomic mass is 15.0. The highest BCUT2D eigenvalue weighted by molar-refractivity contribution is 5.50. The van der Waals surface area contributed by atoms with Gasteiger partial charge in [-0.2, -0.15) is 6.21 Å². The lowest BCUT2D eigenvalue weighted by Gasteiger charge is -2.13. The van der Waals surface area contributed by atoms with E-state index in [-0.39, 0.29) is 0 Å². The summed E-state index contributed by atoms with van der Waals surface area (Å²) in [5.41, 5.74) is 0. The molecule has 102 valence electrons. The average molecular weight is 239 g/mol. The Morgan fingerprint density at radius 2 is 1.29 bits per heavy atom. The molecule has 0 aliphatic carbocycles. The van der Waals surface area contributed by atoms with Gasteiger partial charge in [-0.1, -0.05) is 59.3 Å². The summed E-state index contributed by atoms with van der Waals surface area (Å²) in [5.74, 6) is 0. The normalized spacial score (nSPS) is 12.1. The highest BCUT2D eigenvalue weighted by Crippen LogP contribution is 2.03. The van der Waals surface area contributed by atoms with Crippen molar-refractivity contribution >= 4 is 6.21 Å². The first-order chi connectivity index (χ1) is 8.35. The topological polar surface area (TPSA) is 3.01 Å². The second kappa shape index (κ2) is 13.7. The molecule has 0 spiro atoms. The van der Waals surface area contributed by atoms with Crippen molar-refractivity contribution in [3.63, 3.8) is 0 Å². The Balaban J connectivity index is 3.65. The zero-order valence-electron chi connectivity index (χ0n) is 12.4. The maximum Gasteiger partial charge on any atom is 0.111 e. The Hall–Kier alpha value is -0.330. The summed E-state index contributed by atoms with van der Waals surface area (Å²) in [6, 6.07) is 0. The molecule has 17 heavy (non-hydrogen) atoms. The molecule has 0 N–H and O–H groups in total. The smallest absolute Gasteiger partial charge is 0.111 e. The molecule has 0 aromatic carbocycles. The van der Waals surface area contributed by atoms with Gasteiger partial charge in [-0.3, -0.25) is 0 Å². The molecule has 0 radical (unpaired) electrons. The maximum absolute atomic E-state index is 3.58. The van der Waals surface area contributed by atoms with Crippen LogP contribution in [-0.4, -0.2) is 23.9 Å². The SMILES string of the molecule is CCCCC[C-]=[N+](CCC)CCCCCCC. The molecule has 0 aliphatic rings. The van der Waals surface area contributed by atoms with Gasteiger partial charge in [-0.25, -0.2) is 0 Å². The van der Waals surface area contributed by atoms with Crippen LogP contribution in [0, 0.1) is 0 Å². The van der Waals surface area contributed by atoms with Gasteiger partial charge in [0, 0.05) is 12.8 Å². The molecule has 0 heterocycles. The van der Waals surface area contributed by atoms with Crippen LogP contribution in [0.5, 0.6) is 0 Å². The third-order valence-corrected chi connectivity index (χ3v) is 3.14. The van der Waals surface area contributed by atoms with E-state index in [2.05, 4.69) is 31.6 Å². The van der Waals surface area contributed by atoms with Crippen molar-refractivity contribution in [2.75, 3.05) is 13.1 Å². The molecule has 0 amide bonds. The minimum Gasteiger partial charge on any atom is -0.413 e. The van der Waals surface area contributed by atoms with Crippen molar-refractivity contribution in [3.8, 4) is 0 Å². The van der Waals surface area contributed by atoms with Crippen molar-refractivity contribution < 1.29 is 4.58 Å². The number of hydrogen-bond acceptors (Lipinski definition) is 0. The molecule has 1 heteroatoms. The van der Waals surface area contributed by atoms with Crippen LogP contribution in [0.4, 0.5) is 0 Å². The molecule has 1 nitrogen and oxygen atoms in total. The lowest BCUT2D eigenvalue weighted by Crippen LogP contribution is -2.16. The van der Waals surface area contributed by atoms with E-state index in [9.17, 15) is 0 Å². The summed E-state index contributed by atoms with van der Waals surface area (Å²) in [6.07, 6.45) is 16.8. The Labute approximate surface area is 109 Å². The standard InChI is InChI=1S/C16H33N/c1-4-7-9-11-13-16-17(14-6-3)15-12-10-8-5-2/h4-14,16H2,1-3H3. The number of unbranched alkanes of at least 4 members (excludes halogenated alkanes) is 7. The van der Waals surface area contributed by atoms with Gasteiger partial charge in [0.1, 0.15) is 13.1 Å². The molecule has 0 aromatic heterocycles. The van der Waals surface area contributed by atoms with E-state index in [1.165, 1.54) is 70.9 Å². The third kappa shape index (κ3) is 11.9. The van der Waals surface area contributed by atoms with Crippen molar-refractivity contribution in [3.05, 3.63) is 0 Å². The summed E-state index contributed by atoms with van der Waals surface area (Å²) >= 11 is 0. The molecule has 0 unspecified atom stereocenters. The van der Waals surface area contributed by atoms with E-state index in [0.29, 0.717) is 0 Å². The van der Waals surface area contributed by atoms with Crippen molar-refractivity contribution in [2.45, 2.75) is 85.0 Å². The Bertz CT molecular complexity index is 172. The lowest BCUT2D eigenvalue weighted by molar-refractivity contribution is -0.525. The molecular formula is C16H33N. The fourth-order valence-electron chi connectivity index (χ4n) is 2.06. The van der Waals surface area contributed by atoms with Gasteiger partial charge >= 0.3 is 0 Å². The van der Waals surface area contributed by atoms with E-state index in [1.807, 2.05) is 0 Å². The quantitative estimate of drug-likeness (QED) is 0.197. The van der Waals surface area contributed by atoms with E-state index in [4.69, 9.17) is 0 Å². The zero-order chi connectivity index (χ0) is 12.8. The van der Waals surface area contributed by atoms with Crippen LogP contribution in [0.1, 0.15) is 85.0 Å². The number of rotatable bonds is 12. The van der Waals surface area contributed by atoms with Gasteiger partial charge in [-0.15, -0.1) is 6.42 Å². The molecular weight excluding hydrogens is 206 g/mol. The Morgan fingerprint density at radius 3 is 1.94 bits per heavy atom. The monoisotopic (exact) mass is 239 g/mol. The van der Waals surface area contributed by atoms with Gasteiger partial charge in [0.25, 0.3) is 0 Å². The van der Waals surface area contributed by atoms with Gasteiger partial charge in [0.05, 0.1) is 0 Å².